The lowest BCUT2D eigenvalue weighted by Crippen LogP contribution is -2.67. The lowest BCUT2D eigenvalue weighted by molar-refractivity contribution is -0.144. The highest BCUT2D eigenvalue weighted by Crippen LogP contribution is 2.57. The number of carbonyl (C=O) groups excluding carboxylic acids is 2. The number of piperidine rings is 1. The van der Waals surface area contributed by atoms with Crippen molar-refractivity contribution in [1.82, 2.24) is 4.90 Å². The van der Waals surface area contributed by atoms with Crippen molar-refractivity contribution in [3.8, 4) is 0 Å². The summed E-state index contributed by atoms with van der Waals surface area (Å²) in [6.07, 6.45) is 2.60. The highest BCUT2D eigenvalue weighted by Gasteiger charge is 2.62. The van der Waals surface area contributed by atoms with Crippen LogP contribution in [0, 0.1) is 11.2 Å². The molecule has 0 bridgehead atoms. The van der Waals surface area contributed by atoms with E-state index in [0.29, 0.717) is 37.4 Å². The van der Waals surface area contributed by atoms with Crippen molar-refractivity contribution in [3.63, 3.8) is 0 Å². The van der Waals surface area contributed by atoms with Crippen LogP contribution in [0.2, 0.25) is 0 Å². The normalized spacial score (nSPS) is 20.3. The minimum absolute atomic E-state index is 0.00736. The number of likely N-dealkylation sites (tertiary alicyclic amines) is 1. The maximum absolute atomic E-state index is 13.9. The highest BCUT2D eigenvalue weighted by molar-refractivity contribution is 6.06. The van der Waals surface area contributed by atoms with Crippen LogP contribution >= 0.6 is 0 Å². The minimum Gasteiger partial charge on any atom is -0.459 e. The van der Waals surface area contributed by atoms with E-state index >= 15 is 0 Å². The van der Waals surface area contributed by atoms with Gasteiger partial charge in [0.25, 0.3) is 5.91 Å². The fraction of sp³-hybridized carbons (Fsp3) is 0.250. The zero-order valence-corrected chi connectivity index (χ0v) is 16.3. The minimum atomic E-state index is -0.590. The van der Waals surface area contributed by atoms with Crippen LogP contribution < -0.4 is 4.90 Å². The van der Waals surface area contributed by atoms with Gasteiger partial charge in [-0.25, -0.2) is 4.39 Å². The highest BCUT2D eigenvalue weighted by atomic mass is 19.1. The van der Waals surface area contributed by atoms with E-state index < -0.39 is 5.41 Å². The van der Waals surface area contributed by atoms with Gasteiger partial charge in [-0.1, -0.05) is 36.4 Å². The molecule has 0 saturated carbocycles. The van der Waals surface area contributed by atoms with E-state index in [1.54, 1.807) is 34.1 Å². The number of β-lactam (4-membered cyclic amide) rings is 1. The Morgan fingerprint density at radius 3 is 2.43 bits per heavy atom. The molecular weight excluding hydrogens is 383 g/mol. The van der Waals surface area contributed by atoms with Gasteiger partial charge < -0.3 is 14.2 Å². The van der Waals surface area contributed by atoms with Crippen molar-refractivity contribution in [2.24, 2.45) is 5.41 Å². The Labute approximate surface area is 173 Å². The van der Waals surface area contributed by atoms with Crippen molar-refractivity contribution in [3.05, 3.63) is 90.1 Å². The van der Waals surface area contributed by atoms with Crippen molar-refractivity contribution in [1.29, 1.82) is 0 Å². The molecule has 0 aliphatic carbocycles. The molecule has 2 aliphatic heterocycles. The Kier molecular flexibility index (Phi) is 4.42. The Hall–Kier alpha value is -3.41. The van der Waals surface area contributed by atoms with Crippen LogP contribution in [0.5, 0.6) is 0 Å². The van der Waals surface area contributed by atoms with Crippen LogP contribution in [-0.4, -0.2) is 29.8 Å². The quantitative estimate of drug-likeness (QED) is 0.607. The molecule has 0 radical (unpaired) electrons. The average Bonchev–Trinajstić information content (AvgIpc) is 3.32. The van der Waals surface area contributed by atoms with Gasteiger partial charge >= 0.3 is 0 Å². The summed E-state index contributed by atoms with van der Waals surface area (Å²) in [5.74, 6) is -0.217. The van der Waals surface area contributed by atoms with Gasteiger partial charge in [-0.2, -0.15) is 0 Å². The van der Waals surface area contributed by atoms with Crippen molar-refractivity contribution in [2.75, 3.05) is 18.0 Å². The second kappa shape index (κ2) is 7.13. The van der Waals surface area contributed by atoms with E-state index in [4.69, 9.17) is 4.42 Å². The van der Waals surface area contributed by atoms with Gasteiger partial charge in [-0.15, -0.1) is 0 Å². The molecule has 2 amide bonds. The van der Waals surface area contributed by atoms with Crippen LogP contribution in [-0.2, 0) is 4.79 Å². The van der Waals surface area contributed by atoms with Crippen LogP contribution in [0.3, 0.4) is 0 Å². The predicted octanol–water partition coefficient (Wildman–Crippen LogP) is 4.43. The molecule has 1 unspecified atom stereocenters. The maximum Gasteiger partial charge on any atom is 0.289 e. The molecule has 3 heterocycles. The number of benzene rings is 2. The molecule has 2 aromatic carbocycles. The molecule has 2 aliphatic rings. The zero-order chi connectivity index (χ0) is 20.7. The van der Waals surface area contributed by atoms with Crippen molar-refractivity contribution < 1.29 is 18.4 Å². The van der Waals surface area contributed by atoms with E-state index in [0.717, 1.165) is 5.56 Å². The average molecular weight is 404 g/mol. The summed E-state index contributed by atoms with van der Waals surface area (Å²) >= 11 is 0. The molecule has 152 valence electrons. The Balaban J connectivity index is 1.44. The second-order valence-electron chi connectivity index (χ2n) is 7.89. The number of halogens is 1. The zero-order valence-electron chi connectivity index (χ0n) is 16.3. The first-order valence-corrected chi connectivity index (χ1v) is 10.1. The van der Waals surface area contributed by atoms with E-state index in [-0.39, 0.29) is 23.7 Å². The van der Waals surface area contributed by atoms with E-state index in [2.05, 4.69) is 0 Å². The SMILES string of the molecule is O=C(c1ccco1)N1CCC2(CC1)C(=O)N(c1cccc(F)c1)C2c1ccccc1. The summed E-state index contributed by atoms with van der Waals surface area (Å²) < 4.78 is 19.1. The van der Waals surface area contributed by atoms with Gasteiger partial charge in [-0.3, -0.25) is 9.59 Å². The van der Waals surface area contributed by atoms with E-state index in [1.165, 1.54) is 18.4 Å². The van der Waals surface area contributed by atoms with Gasteiger partial charge in [-0.05, 0) is 48.7 Å². The fourth-order valence-electron chi connectivity index (χ4n) is 4.80. The number of nitrogens with zero attached hydrogens (tertiary/aromatic N) is 2. The van der Waals surface area contributed by atoms with Gasteiger partial charge in [0.15, 0.2) is 5.76 Å². The molecule has 5 nitrogen and oxygen atoms in total. The number of hydrogen-bond donors (Lipinski definition) is 0. The number of furan rings is 1. The molecule has 5 rings (SSSR count). The molecule has 2 fully saturated rings. The van der Waals surface area contributed by atoms with Crippen LogP contribution in [0.1, 0.15) is 35.0 Å². The molecule has 3 aromatic rings. The van der Waals surface area contributed by atoms with Crippen molar-refractivity contribution >= 4 is 17.5 Å². The standard InChI is InChI=1S/C24H21FN2O3/c25-18-8-4-9-19(16-18)27-21(17-6-2-1-3-7-17)24(23(27)29)11-13-26(14-12-24)22(28)20-10-5-15-30-20/h1-10,15-16,21H,11-14H2. The second-order valence-corrected chi connectivity index (χ2v) is 7.89. The van der Waals surface area contributed by atoms with Gasteiger partial charge in [0.2, 0.25) is 5.91 Å². The fourth-order valence-corrected chi connectivity index (χ4v) is 4.80. The van der Waals surface area contributed by atoms with Gasteiger partial charge in [0.1, 0.15) is 5.82 Å². The molecule has 30 heavy (non-hydrogen) atoms. The van der Waals surface area contributed by atoms with E-state index in [9.17, 15) is 14.0 Å². The largest absolute Gasteiger partial charge is 0.459 e. The number of anilines is 1. The first kappa shape index (κ1) is 18.6. The number of amides is 2. The Bertz CT molecular complexity index is 1070. The third-order valence-corrected chi connectivity index (χ3v) is 6.30. The molecule has 1 aromatic heterocycles. The van der Waals surface area contributed by atoms with E-state index in [1.807, 2.05) is 30.3 Å². The Morgan fingerprint density at radius 1 is 1.00 bits per heavy atom. The van der Waals surface area contributed by atoms with Gasteiger partial charge in [0, 0.05) is 18.8 Å². The summed E-state index contributed by atoms with van der Waals surface area (Å²) in [6.45, 7) is 0.956. The third kappa shape index (κ3) is 2.83. The molecule has 1 atom stereocenters. The van der Waals surface area contributed by atoms with Crippen LogP contribution in [0.4, 0.5) is 10.1 Å². The first-order valence-electron chi connectivity index (χ1n) is 10.1. The molecule has 0 N–H and O–H groups in total. The number of carbonyl (C=O) groups is 2. The van der Waals surface area contributed by atoms with Crippen molar-refractivity contribution in [2.45, 2.75) is 18.9 Å². The molecule has 6 heteroatoms. The summed E-state index contributed by atoms with van der Waals surface area (Å²) in [5.41, 5.74) is 0.994. The lowest BCUT2D eigenvalue weighted by atomic mass is 9.62. The Morgan fingerprint density at radius 2 is 1.77 bits per heavy atom. The predicted molar refractivity (Wildman–Crippen MR) is 109 cm³/mol. The number of rotatable bonds is 3. The monoisotopic (exact) mass is 404 g/mol. The summed E-state index contributed by atoms with van der Waals surface area (Å²) in [4.78, 5) is 29.5. The summed E-state index contributed by atoms with van der Waals surface area (Å²) in [5, 5.41) is 0. The van der Waals surface area contributed by atoms with Crippen LogP contribution in [0.15, 0.2) is 77.4 Å². The summed E-state index contributed by atoms with van der Waals surface area (Å²) in [6, 6.07) is 19.2. The topological polar surface area (TPSA) is 53.8 Å². The molecule has 1 spiro atoms. The summed E-state index contributed by atoms with van der Waals surface area (Å²) in [7, 11) is 0. The third-order valence-electron chi connectivity index (χ3n) is 6.30. The number of hydrogen-bond acceptors (Lipinski definition) is 3. The van der Waals surface area contributed by atoms with Crippen LogP contribution in [0.25, 0.3) is 0 Å². The lowest BCUT2D eigenvalue weighted by Gasteiger charge is -2.59. The first-order chi connectivity index (χ1) is 14.6. The molecular formula is C24H21FN2O3. The molecule has 2 saturated heterocycles. The van der Waals surface area contributed by atoms with Gasteiger partial charge in [0.05, 0.1) is 17.7 Å². The smallest absolute Gasteiger partial charge is 0.289 e. The maximum atomic E-state index is 13.9.